The van der Waals surface area contributed by atoms with Gasteiger partial charge in [0.05, 0.1) is 0 Å². The van der Waals surface area contributed by atoms with Crippen LogP contribution in [0.1, 0.15) is 95.2 Å². The van der Waals surface area contributed by atoms with Crippen LogP contribution in [0.5, 0.6) is 0 Å². The molecule has 1 saturated carbocycles. The summed E-state index contributed by atoms with van der Waals surface area (Å²) in [6.45, 7) is 10.4. The summed E-state index contributed by atoms with van der Waals surface area (Å²) in [6.07, 6.45) is 8.23. The maximum Gasteiger partial charge on any atom is 0.326 e. The molecule has 0 aromatic heterocycles. The van der Waals surface area contributed by atoms with Gasteiger partial charge in [-0.1, -0.05) is 52.3 Å². The third-order valence-corrected chi connectivity index (χ3v) is 8.16. The Balaban J connectivity index is 0.000000229. The molecular weight excluding hydrogens is 388 g/mol. The summed E-state index contributed by atoms with van der Waals surface area (Å²) >= 11 is 0. The SMILES string of the molecule is CC(C)c1ccc2c(c1)CC[C@H]1[C@@](C)(CN)CCC[C@]21C.O=C1CCC[C@H](C(=O)O)N1. The minimum absolute atomic E-state index is 0.154. The van der Waals surface area contributed by atoms with Crippen molar-refractivity contribution >= 4 is 11.9 Å². The molecule has 31 heavy (non-hydrogen) atoms. The second-order valence-corrected chi connectivity index (χ2v) is 10.6. The van der Waals surface area contributed by atoms with Crippen LogP contribution in [0, 0.1) is 11.3 Å². The lowest BCUT2D eigenvalue weighted by atomic mass is 9.50. The van der Waals surface area contributed by atoms with Crippen LogP contribution in [0.4, 0.5) is 0 Å². The molecule has 172 valence electrons. The van der Waals surface area contributed by atoms with E-state index in [9.17, 15) is 9.59 Å². The Labute approximate surface area is 187 Å². The smallest absolute Gasteiger partial charge is 0.326 e. The average Bonchev–Trinajstić information content (AvgIpc) is 2.73. The second kappa shape index (κ2) is 9.32. The molecule has 1 amide bonds. The standard InChI is InChI=1S/C20H31N.C6H9NO3/c1-14(2)15-6-8-17-16(12-15)7-9-18-19(3,13-21)10-5-11-20(17,18)4;8-5-3-1-2-4(7-5)6(9)10/h6,8,12,14,18H,5,7,9-11,13,21H2,1-4H3;4H,1-3H2,(H,7,8)(H,9,10)/t18-,19+,20+;4-/m01/s1. The van der Waals surface area contributed by atoms with Crippen LogP contribution in [0.2, 0.25) is 0 Å². The molecule has 1 saturated heterocycles. The minimum Gasteiger partial charge on any atom is -0.480 e. The Hall–Kier alpha value is -1.88. The molecule has 2 fully saturated rings. The van der Waals surface area contributed by atoms with E-state index in [-0.39, 0.29) is 5.91 Å². The Morgan fingerprint density at radius 1 is 1.19 bits per heavy atom. The number of benzene rings is 1. The summed E-state index contributed by atoms with van der Waals surface area (Å²) in [4.78, 5) is 20.9. The van der Waals surface area contributed by atoms with Crippen LogP contribution in [-0.4, -0.2) is 29.6 Å². The number of rotatable bonds is 3. The van der Waals surface area contributed by atoms with Crippen LogP contribution in [0.25, 0.3) is 0 Å². The van der Waals surface area contributed by atoms with Crippen molar-refractivity contribution in [1.82, 2.24) is 5.32 Å². The zero-order valence-corrected chi connectivity index (χ0v) is 19.7. The molecule has 4 N–H and O–H groups in total. The fourth-order valence-corrected chi connectivity index (χ4v) is 6.24. The molecule has 5 nitrogen and oxygen atoms in total. The normalized spacial score (nSPS) is 32.3. The first-order chi connectivity index (χ1) is 14.6. The molecular formula is C26H40N2O3. The number of carbonyl (C=O) groups excluding carboxylic acids is 1. The molecule has 5 heteroatoms. The van der Waals surface area contributed by atoms with Gasteiger partial charge in [-0.15, -0.1) is 0 Å². The monoisotopic (exact) mass is 428 g/mol. The fourth-order valence-electron chi connectivity index (χ4n) is 6.24. The summed E-state index contributed by atoms with van der Waals surface area (Å²) < 4.78 is 0. The van der Waals surface area contributed by atoms with Crippen molar-refractivity contribution < 1.29 is 14.7 Å². The summed E-state index contributed by atoms with van der Waals surface area (Å²) in [5.74, 6) is 0.286. The van der Waals surface area contributed by atoms with Gasteiger partial charge >= 0.3 is 5.97 Å². The number of aryl methyl sites for hydroxylation is 1. The first-order valence-electron chi connectivity index (χ1n) is 12.0. The second-order valence-electron chi connectivity index (χ2n) is 10.6. The molecule has 0 radical (unpaired) electrons. The van der Waals surface area contributed by atoms with Crippen LogP contribution in [0.15, 0.2) is 18.2 Å². The molecule has 1 aromatic rings. The topological polar surface area (TPSA) is 92.4 Å². The number of carbonyl (C=O) groups is 2. The van der Waals surface area contributed by atoms with E-state index in [1.54, 1.807) is 11.1 Å². The van der Waals surface area contributed by atoms with Crippen molar-refractivity contribution in [3.05, 3.63) is 34.9 Å². The van der Waals surface area contributed by atoms with Gasteiger partial charge in [-0.3, -0.25) is 4.79 Å². The van der Waals surface area contributed by atoms with Gasteiger partial charge in [0.25, 0.3) is 0 Å². The highest BCUT2D eigenvalue weighted by molar-refractivity contribution is 5.84. The zero-order chi connectivity index (χ0) is 22.8. The Bertz CT molecular complexity index is 819. The lowest BCUT2D eigenvalue weighted by Gasteiger charge is -2.55. The lowest BCUT2D eigenvalue weighted by molar-refractivity contribution is -0.143. The minimum atomic E-state index is -0.937. The first-order valence-corrected chi connectivity index (χ1v) is 12.0. The summed E-state index contributed by atoms with van der Waals surface area (Å²) in [6, 6.07) is 6.64. The van der Waals surface area contributed by atoms with Gasteiger partial charge < -0.3 is 16.2 Å². The summed E-state index contributed by atoms with van der Waals surface area (Å²) in [5.41, 5.74) is 11.6. The van der Waals surface area contributed by atoms with E-state index in [1.807, 2.05) is 0 Å². The molecule has 3 aliphatic rings. The molecule has 2 aliphatic carbocycles. The molecule has 1 heterocycles. The number of carboxylic acids is 1. The third kappa shape index (κ3) is 4.82. The van der Waals surface area contributed by atoms with Crippen molar-refractivity contribution in [3.63, 3.8) is 0 Å². The predicted octanol–water partition coefficient (Wildman–Crippen LogP) is 4.52. The van der Waals surface area contributed by atoms with Crippen LogP contribution < -0.4 is 11.1 Å². The average molecular weight is 429 g/mol. The Kier molecular flexibility index (Phi) is 7.14. The number of fused-ring (bicyclic) bond motifs is 3. The molecule has 1 aliphatic heterocycles. The number of nitrogens with one attached hydrogen (secondary N) is 1. The molecule has 0 spiro atoms. The third-order valence-electron chi connectivity index (χ3n) is 8.16. The number of hydrogen-bond donors (Lipinski definition) is 3. The van der Waals surface area contributed by atoms with E-state index in [0.29, 0.717) is 36.0 Å². The van der Waals surface area contributed by atoms with Gasteiger partial charge in [0.2, 0.25) is 5.91 Å². The van der Waals surface area contributed by atoms with Gasteiger partial charge in [0.1, 0.15) is 6.04 Å². The van der Waals surface area contributed by atoms with E-state index >= 15 is 0 Å². The fraction of sp³-hybridized carbons (Fsp3) is 0.692. The van der Waals surface area contributed by atoms with E-state index in [2.05, 4.69) is 51.2 Å². The molecule has 4 rings (SSSR count). The van der Waals surface area contributed by atoms with Crippen molar-refractivity contribution in [2.45, 2.75) is 96.4 Å². The highest BCUT2D eigenvalue weighted by Gasteiger charge is 2.50. The van der Waals surface area contributed by atoms with E-state index < -0.39 is 12.0 Å². The van der Waals surface area contributed by atoms with Gasteiger partial charge in [-0.2, -0.15) is 0 Å². The number of aliphatic carboxylic acids is 1. The highest BCUT2D eigenvalue weighted by atomic mass is 16.4. The number of carboxylic acid groups (broad SMARTS) is 1. The van der Waals surface area contributed by atoms with Crippen molar-refractivity contribution in [3.8, 4) is 0 Å². The van der Waals surface area contributed by atoms with Gasteiger partial charge in [-0.05, 0) is 84.4 Å². The van der Waals surface area contributed by atoms with Crippen molar-refractivity contribution in [2.75, 3.05) is 6.54 Å². The van der Waals surface area contributed by atoms with Crippen LogP contribution in [-0.2, 0) is 21.4 Å². The van der Waals surface area contributed by atoms with Crippen molar-refractivity contribution in [2.24, 2.45) is 17.1 Å². The van der Waals surface area contributed by atoms with Crippen LogP contribution in [0.3, 0.4) is 0 Å². The van der Waals surface area contributed by atoms with Gasteiger partial charge in [-0.25, -0.2) is 4.79 Å². The van der Waals surface area contributed by atoms with Gasteiger partial charge in [0, 0.05) is 6.42 Å². The Morgan fingerprint density at radius 2 is 1.94 bits per heavy atom. The maximum absolute atomic E-state index is 10.6. The largest absolute Gasteiger partial charge is 0.480 e. The Morgan fingerprint density at radius 3 is 2.52 bits per heavy atom. The molecule has 0 unspecified atom stereocenters. The predicted molar refractivity (Wildman–Crippen MR) is 124 cm³/mol. The number of amides is 1. The number of hydrogen-bond acceptors (Lipinski definition) is 3. The van der Waals surface area contributed by atoms with E-state index in [0.717, 1.165) is 12.5 Å². The first kappa shape index (κ1) is 23.8. The molecule has 4 atom stereocenters. The molecule has 0 bridgehead atoms. The number of piperidine rings is 1. The van der Waals surface area contributed by atoms with Gasteiger partial charge in [0.15, 0.2) is 0 Å². The lowest BCUT2D eigenvalue weighted by Crippen LogP contribution is -2.51. The van der Waals surface area contributed by atoms with Crippen molar-refractivity contribution in [1.29, 1.82) is 0 Å². The number of nitrogens with two attached hydrogens (primary N) is 1. The highest BCUT2D eigenvalue weighted by Crippen LogP contribution is 2.56. The quantitative estimate of drug-likeness (QED) is 0.660. The molecule has 1 aromatic carbocycles. The zero-order valence-electron chi connectivity index (χ0n) is 19.7. The van der Waals surface area contributed by atoms with Crippen LogP contribution >= 0.6 is 0 Å². The summed E-state index contributed by atoms with van der Waals surface area (Å²) in [5, 5.41) is 10.8. The summed E-state index contributed by atoms with van der Waals surface area (Å²) in [7, 11) is 0. The van der Waals surface area contributed by atoms with E-state index in [4.69, 9.17) is 10.8 Å². The maximum atomic E-state index is 10.6. The van der Waals surface area contributed by atoms with E-state index in [1.165, 1.54) is 37.7 Å².